The fourth-order valence-electron chi connectivity index (χ4n) is 4.83. The molecule has 0 spiro atoms. The highest BCUT2D eigenvalue weighted by molar-refractivity contribution is 5.95. The quantitative estimate of drug-likeness (QED) is 0.747. The van der Waals surface area contributed by atoms with E-state index in [1.807, 2.05) is 12.1 Å². The van der Waals surface area contributed by atoms with Gasteiger partial charge in [0.2, 0.25) is 0 Å². The molecule has 5 heteroatoms. The average molecular weight is 388 g/mol. The topological polar surface area (TPSA) is 36.0 Å². The summed E-state index contributed by atoms with van der Waals surface area (Å²) >= 11 is 0. The van der Waals surface area contributed by atoms with Gasteiger partial charge in [-0.2, -0.15) is 0 Å². The first kappa shape index (κ1) is 21.1. The van der Waals surface area contributed by atoms with Crippen LogP contribution >= 0.6 is 0 Å². The fourth-order valence-corrected chi connectivity index (χ4v) is 4.83. The second-order valence-electron chi connectivity index (χ2n) is 8.70. The third kappa shape index (κ3) is 4.87. The van der Waals surface area contributed by atoms with Crippen molar-refractivity contribution >= 4 is 11.6 Å². The fraction of sp³-hybridized carbons (Fsp3) is 0.696. The van der Waals surface area contributed by atoms with Gasteiger partial charge >= 0.3 is 0 Å². The van der Waals surface area contributed by atoms with Gasteiger partial charge in [0.05, 0.1) is 12.2 Å². The molecular formula is C23H37N3O2. The van der Waals surface area contributed by atoms with Gasteiger partial charge in [0.25, 0.3) is 5.91 Å². The van der Waals surface area contributed by atoms with Crippen molar-refractivity contribution in [3.8, 4) is 0 Å². The number of carbonyl (C=O) groups is 1. The largest absolute Gasteiger partial charge is 0.373 e. The number of amides is 1. The number of anilines is 1. The van der Waals surface area contributed by atoms with E-state index < -0.39 is 0 Å². The van der Waals surface area contributed by atoms with Crippen LogP contribution in [-0.4, -0.2) is 72.7 Å². The number of ether oxygens (including phenoxy) is 1. The van der Waals surface area contributed by atoms with Gasteiger partial charge in [0.1, 0.15) is 0 Å². The molecule has 0 radical (unpaired) electrons. The SMILES string of the molecule is CCN(c1ccc(C(=O)N2CCCC2CN2CC(C)OC(C)C2)cc1)C(C)C. The van der Waals surface area contributed by atoms with Crippen LogP contribution in [0.15, 0.2) is 24.3 Å². The van der Waals surface area contributed by atoms with Crippen LogP contribution in [0.1, 0.15) is 57.8 Å². The minimum absolute atomic E-state index is 0.177. The summed E-state index contributed by atoms with van der Waals surface area (Å²) in [5, 5.41) is 0. The predicted molar refractivity (Wildman–Crippen MR) is 115 cm³/mol. The molecule has 2 heterocycles. The summed E-state index contributed by atoms with van der Waals surface area (Å²) in [6, 6.07) is 8.94. The molecule has 3 unspecified atom stereocenters. The first-order valence-corrected chi connectivity index (χ1v) is 10.9. The Hall–Kier alpha value is -1.59. The molecular weight excluding hydrogens is 350 g/mol. The summed E-state index contributed by atoms with van der Waals surface area (Å²) in [6.07, 6.45) is 2.73. The van der Waals surface area contributed by atoms with E-state index >= 15 is 0 Å². The van der Waals surface area contributed by atoms with Crippen LogP contribution < -0.4 is 4.90 Å². The van der Waals surface area contributed by atoms with Crippen molar-refractivity contribution in [3.05, 3.63) is 29.8 Å². The maximum absolute atomic E-state index is 13.2. The first-order valence-electron chi connectivity index (χ1n) is 10.9. The van der Waals surface area contributed by atoms with Crippen molar-refractivity contribution < 1.29 is 9.53 Å². The van der Waals surface area contributed by atoms with Crippen LogP contribution in [0.4, 0.5) is 5.69 Å². The molecule has 3 rings (SSSR count). The van der Waals surface area contributed by atoms with Crippen LogP contribution in [0.25, 0.3) is 0 Å². The lowest BCUT2D eigenvalue weighted by Crippen LogP contribution is -2.50. The molecule has 2 aliphatic heterocycles. The highest BCUT2D eigenvalue weighted by Crippen LogP contribution is 2.24. The van der Waals surface area contributed by atoms with Crippen molar-refractivity contribution in [1.82, 2.24) is 9.80 Å². The summed E-state index contributed by atoms with van der Waals surface area (Å²) in [5.41, 5.74) is 1.99. The molecule has 0 aliphatic carbocycles. The van der Waals surface area contributed by atoms with Gasteiger partial charge in [-0.3, -0.25) is 9.69 Å². The number of nitrogens with zero attached hydrogens (tertiary/aromatic N) is 3. The summed E-state index contributed by atoms with van der Waals surface area (Å²) in [4.78, 5) is 20.1. The molecule has 1 aromatic carbocycles. The molecule has 2 aliphatic rings. The zero-order valence-electron chi connectivity index (χ0n) is 18.2. The third-order valence-electron chi connectivity index (χ3n) is 6.01. The Kier molecular flexibility index (Phi) is 7.00. The van der Waals surface area contributed by atoms with Crippen molar-refractivity contribution in [2.75, 3.05) is 37.6 Å². The van der Waals surface area contributed by atoms with Gasteiger partial charge in [-0.1, -0.05) is 0 Å². The van der Waals surface area contributed by atoms with Crippen molar-refractivity contribution in [1.29, 1.82) is 0 Å². The van der Waals surface area contributed by atoms with Gasteiger partial charge < -0.3 is 14.5 Å². The molecule has 5 nitrogen and oxygen atoms in total. The maximum Gasteiger partial charge on any atom is 0.254 e. The summed E-state index contributed by atoms with van der Waals surface area (Å²) in [5.74, 6) is 0.177. The smallest absolute Gasteiger partial charge is 0.254 e. The molecule has 28 heavy (non-hydrogen) atoms. The molecule has 1 aromatic rings. The lowest BCUT2D eigenvalue weighted by molar-refractivity contribution is -0.0715. The van der Waals surface area contributed by atoms with Crippen molar-refractivity contribution in [2.45, 2.75) is 71.8 Å². The molecule has 0 N–H and O–H groups in total. The van der Waals surface area contributed by atoms with E-state index in [9.17, 15) is 4.79 Å². The van der Waals surface area contributed by atoms with Crippen LogP contribution in [0, 0.1) is 0 Å². The van der Waals surface area contributed by atoms with E-state index in [1.165, 1.54) is 5.69 Å². The van der Waals surface area contributed by atoms with E-state index in [2.05, 4.69) is 61.5 Å². The number of morpholine rings is 1. The van der Waals surface area contributed by atoms with Crippen molar-refractivity contribution in [2.24, 2.45) is 0 Å². The summed E-state index contributed by atoms with van der Waals surface area (Å²) in [6.45, 7) is 15.6. The standard InChI is InChI=1S/C23H37N3O2/c1-6-25(17(2)3)21-11-9-20(10-12-21)23(27)26-13-7-8-22(26)16-24-14-18(4)28-19(5)15-24/h9-12,17-19,22H,6-8,13-16H2,1-5H3. The molecule has 1 amide bonds. The summed E-state index contributed by atoms with van der Waals surface area (Å²) < 4.78 is 5.85. The molecule has 0 saturated carbocycles. The van der Waals surface area contributed by atoms with E-state index in [-0.39, 0.29) is 18.1 Å². The van der Waals surface area contributed by atoms with Crippen LogP contribution in [-0.2, 0) is 4.74 Å². The van der Waals surface area contributed by atoms with Crippen LogP contribution in [0.5, 0.6) is 0 Å². The van der Waals surface area contributed by atoms with E-state index in [0.29, 0.717) is 12.1 Å². The predicted octanol–water partition coefficient (Wildman–Crippen LogP) is 3.64. The third-order valence-corrected chi connectivity index (χ3v) is 6.01. The molecule has 2 saturated heterocycles. The van der Waals surface area contributed by atoms with Crippen LogP contribution in [0.2, 0.25) is 0 Å². The number of hydrogen-bond acceptors (Lipinski definition) is 4. The Morgan fingerprint density at radius 1 is 1.18 bits per heavy atom. The number of likely N-dealkylation sites (tertiary alicyclic amines) is 1. The van der Waals surface area contributed by atoms with E-state index in [0.717, 1.165) is 51.1 Å². The maximum atomic E-state index is 13.2. The Labute approximate surface area is 170 Å². The minimum Gasteiger partial charge on any atom is -0.373 e. The molecule has 2 fully saturated rings. The Morgan fingerprint density at radius 2 is 1.82 bits per heavy atom. The lowest BCUT2D eigenvalue weighted by Gasteiger charge is -2.38. The Morgan fingerprint density at radius 3 is 2.39 bits per heavy atom. The first-order chi connectivity index (χ1) is 13.4. The number of benzene rings is 1. The molecule has 156 valence electrons. The van der Waals surface area contributed by atoms with E-state index in [4.69, 9.17) is 4.74 Å². The second-order valence-corrected chi connectivity index (χ2v) is 8.70. The molecule has 3 atom stereocenters. The van der Waals surface area contributed by atoms with Gasteiger partial charge in [0.15, 0.2) is 0 Å². The van der Waals surface area contributed by atoms with Gasteiger partial charge in [-0.15, -0.1) is 0 Å². The zero-order valence-corrected chi connectivity index (χ0v) is 18.2. The summed E-state index contributed by atoms with van der Waals surface area (Å²) in [7, 11) is 0. The molecule has 0 bridgehead atoms. The van der Waals surface area contributed by atoms with Crippen molar-refractivity contribution in [3.63, 3.8) is 0 Å². The van der Waals surface area contributed by atoms with Gasteiger partial charge in [-0.25, -0.2) is 0 Å². The highest BCUT2D eigenvalue weighted by atomic mass is 16.5. The lowest BCUT2D eigenvalue weighted by atomic mass is 10.1. The normalized spacial score (nSPS) is 26.1. The minimum atomic E-state index is 0.177. The average Bonchev–Trinajstić information content (AvgIpc) is 3.09. The highest BCUT2D eigenvalue weighted by Gasteiger charge is 2.32. The van der Waals surface area contributed by atoms with Crippen LogP contribution in [0.3, 0.4) is 0 Å². The zero-order chi connectivity index (χ0) is 20.3. The monoisotopic (exact) mass is 387 g/mol. The van der Waals surface area contributed by atoms with E-state index in [1.54, 1.807) is 0 Å². The number of carbonyl (C=O) groups excluding carboxylic acids is 1. The number of rotatable bonds is 6. The Bertz CT molecular complexity index is 636. The number of hydrogen-bond donors (Lipinski definition) is 0. The molecule has 0 aromatic heterocycles. The van der Waals surface area contributed by atoms with Gasteiger partial charge in [-0.05, 0) is 71.7 Å². The Balaban J connectivity index is 1.65. The second kappa shape index (κ2) is 9.27. The van der Waals surface area contributed by atoms with Gasteiger partial charge in [0, 0.05) is 56.1 Å².